The zero-order valence-electron chi connectivity index (χ0n) is 12.1. The first-order valence-corrected chi connectivity index (χ1v) is 10.5. The van der Waals surface area contributed by atoms with Crippen molar-refractivity contribution in [3.8, 4) is 0 Å². The molecule has 2 nitrogen and oxygen atoms in total. The molecular weight excluding hydrogens is 252 g/mol. The lowest BCUT2D eigenvalue weighted by Crippen LogP contribution is -2.38. The second-order valence-electron chi connectivity index (χ2n) is 6.22. The topological polar surface area (TPSA) is 26.3 Å². The molecule has 0 spiro atoms. The van der Waals surface area contributed by atoms with Crippen LogP contribution in [0.4, 0.5) is 0 Å². The van der Waals surface area contributed by atoms with Gasteiger partial charge in [-0.1, -0.05) is 56.9 Å². The minimum atomic E-state index is -1.43. The quantitative estimate of drug-likeness (QED) is 0.606. The van der Waals surface area contributed by atoms with Crippen LogP contribution >= 0.6 is 0 Å². The summed E-state index contributed by atoms with van der Waals surface area (Å²) >= 11 is 0. The number of cyclic esters (lactones) is 1. The molecule has 0 saturated carbocycles. The van der Waals surface area contributed by atoms with Gasteiger partial charge in [-0.2, -0.15) is 0 Å². The molecule has 3 heteroatoms. The van der Waals surface area contributed by atoms with Gasteiger partial charge in [-0.15, -0.1) is 0 Å². The maximum absolute atomic E-state index is 12.2. The number of hydrogen-bond acceptors (Lipinski definition) is 2. The van der Waals surface area contributed by atoms with Crippen LogP contribution in [0, 0.1) is 5.92 Å². The Balaban J connectivity index is 2.41. The maximum Gasteiger partial charge on any atom is 0.314 e. The van der Waals surface area contributed by atoms with Crippen molar-refractivity contribution in [3.05, 3.63) is 42.0 Å². The van der Waals surface area contributed by atoms with Gasteiger partial charge in [-0.05, 0) is 18.0 Å². The number of benzene rings is 1. The Morgan fingerprint density at radius 2 is 1.79 bits per heavy atom. The van der Waals surface area contributed by atoms with Crippen molar-refractivity contribution in [1.29, 1.82) is 0 Å². The van der Waals surface area contributed by atoms with Gasteiger partial charge in [0.05, 0.1) is 14.0 Å². The van der Waals surface area contributed by atoms with Crippen molar-refractivity contribution >= 4 is 19.8 Å². The molecule has 1 aromatic carbocycles. The number of rotatable bonds is 3. The molecule has 2 atom stereocenters. The SMILES string of the molecule is CC[C@@H]1C(=O)OC(c2ccccc2)=C[C@@H]1[Si](C)(C)C. The first-order valence-electron chi connectivity index (χ1n) is 6.92. The molecule has 0 aliphatic carbocycles. The van der Waals surface area contributed by atoms with Gasteiger partial charge < -0.3 is 4.74 Å². The van der Waals surface area contributed by atoms with Gasteiger partial charge in [-0.25, -0.2) is 0 Å². The van der Waals surface area contributed by atoms with Gasteiger partial charge in [0.2, 0.25) is 0 Å². The predicted molar refractivity (Wildman–Crippen MR) is 81.4 cm³/mol. The summed E-state index contributed by atoms with van der Waals surface area (Å²) in [5, 5.41) is 0. The van der Waals surface area contributed by atoms with Crippen molar-refractivity contribution in [1.82, 2.24) is 0 Å². The minimum absolute atomic E-state index is 0.0270. The zero-order chi connectivity index (χ0) is 14.0. The fraction of sp³-hybridized carbons (Fsp3) is 0.438. The van der Waals surface area contributed by atoms with E-state index in [0.717, 1.165) is 17.7 Å². The lowest BCUT2D eigenvalue weighted by atomic mass is 9.98. The average molecular weight is 274 g/mol. The van der Waals surface area contributed by atoms with Gasteiger partial charge in [-0.3, -0.25) is 4.79 Å². The average Bonchev–Trinajstić information content (AvgIpc) is 2.37. The van der Waals surface area contributed by atoms with Crippen molar-refractivity contribution in [3.63, 3.8) is 0 Å². The molecule has 0 unspecified atom stereocenters. The van der Waals surface area contributed by atoms with E-state index in [9.17, 15) is 4.79 Å². The molecular formula is C16H22O2Si. The Labute approximate surface area is 116 Å². The molecule has 0 N–H and O–H groups in total. The molecule has 1 aromatic rings. The molecule has 1 aliphatic heterocycles. The second-order valence-corrected chi connectivity index (χ2v) is 11.6. The van der Waals surface area contributed by atoms with E-state index in [-0.39, 0.29) is 11.9 Å². The van der Waals surface area contributed by atoms with Crippen LogP contribution in [0.15, 0.2) is 36.4 Å². The van der Waals surface area contributed by atoms with E-state index in [0.29, 0.717) is 5.54 Å². The molecule has 19 heavy (non-hydrogen) atoms. The fourth-order valence-electron chi connectivity index (χ4n) is 2.68. The molecule has 0 aromatic heterocycles. The van der Waals surface area contributed by atoms with Crippen molar-refractivity contribution in [2.45, 2.75) is 38.5 Å². The maximum atomic E-state index is 12.2. The van der Waals surface area contributed by atoms with Gasteiger partial charge in [0.15, 0.2) is 0 Å². The van der Waals surface area contributed by atoms with E-state index in [2.05, 4.69) is 32.6 Å². The van der Waals surface area contributed by atoms with Crippen LogP contribution in [0.25, 0.3) is 5.76 Å². The molecule has 1 aliphatic rings. The summed E-state index contributed by atoms with van der Waals surface area (Å²) in [7, 11) is -1.43. The zero-order valence-corrected chi connectivity index (χ0v) is 13.1. The van der Waals surface area contributed by atoms with Gasteiger partial charge in [0.1, 0.15) is 5.76 Å². The molecule has 0 fully saturated rings. The van der Waals surface area contributed by atoms with E-state index in [1.807, 2.05) is 30.3 Å². The van der Waals surface area contributed by atoms with Crippen LogP contribution in [-0.4, -0.2) is 14.0 Å². The van der Waals surface area contributed by atoms with E-state index in [1.54, 1.807) is 0 Å². The highest BCUT2D eigenvalue weighted by Gasteiger charge is 2.40. The highest BCUT2D eigenvalue weighted by atomic mass is 28.3. The fourth-order valence-corrected chi connectivity index (χ4v) is 4.91. The standard InChI is InChI=1S/C16H22O2Si/c1-5-13-15(19(2,3)4)11-14(18-16(13)17)12-9-7-6-8-10-12/h6-11,13,15H,5H2,1-4H3/t13-,15-/m0/s1. The summed E-state index contributed by atoms with van der Waals surface area (Å²) in [5.74, 6) is 0.707. The Kier molecular flexibility index (Phi) is 3.95. The normalized spacial score (nSPS) is 23.8. The Morgan fingerprint density at radius 1 is 1.16 bits per heavy atom. The molecule has 2 rings (SSSR count). The van der Waals surface area contributed by atoms with Gasteiger partial charge >= 0.3 is 5.97 Å². The number of carbonyl (C=O) groups excluding carboxylic acids is 1. The van der Waals surface area contributed by atoms with E-state index in [4.69, 9.17) is 4.74 Å². The first kappa shape index (κ1) is 14.1. The summed E-state index contributed by atoms with van der Waals surface area (Å²) in [6, 6.07) is 9.90. The van der Waals surface area contributed by atoms with Crippen molar-refractivity contribution in [2.24, 2.45) is 5.92 Å². The monoisotopic (exact) mass is 274 g/mol. The van der Waals surface area contributed by atoms with E-state index < -0.39 is 8.07 Å². The van der Waals surface area contributed by atoms with E-state index >= 15 is 0 Å². The largest absolute Gasteiger partial charge is 0.426 e. The first-order chi connectivity index (χ1) is 8.93. The molecule has 0 bridgehead atoms. The highest BCUT2D eigenvalue weighted by molar-refractivity contribution is 6.78. The van der Waals surface area contributed by atoms with Crippen LogP contribution < -0.4 is 0 Å². The van der Waals surface area contributed by atoms with Crippen LogP contribution in [0.3, 0.4) is 0 Å². The van der Waals surface area contributed by atoms with Crippen LogP contribution in [0.5, 0.6) is 0 Å². The number of carbonyl (C=O) groups is 1. The van der Waals surface area contributed by atoms with E-state index in [1.165, 1.54) is 0 Å². The van der Waals surface area contributed by atoms with Crippen LogP contribution in [0.2, 0.25) is 25.2 Å². The number of hydrogen-bond donors (Lipinski definition) is 0. The lowest BCUT2D eigenvalue weighted by Gasteiger charge is -2.35. The molecule has 1 heterocycles. The summed E-state index contributed by atoms with van der Waals surface area (Å²) in [4.78, 5) is 12.2. The Hall–Kier alpha value is -1.35. The molecule has 0 amide bonds. The van der Waals surface area contributed by atoms with Crippen molar-refractivity contribution in [2.75, 3.05) is 0 Å². The molecule has 102 valence electrons. The smallest absolute Gasteiger partial charge is 0.314 e. The van der Waals surface area contributed by atoms with Crippen molar-refractivity contribution < 1.29 is 9.53 Å². The Morgan fingerprint density at radius 3 is 2.32 bits per heavy atom. The third-order valence-electron chi connectivity index (χ3n) is 3.78. The highest BCUT2D eigenvalue weighted by Crippen LogP contribution is 2.41. The second kappa shape index (κ2) is 5.33. The Bertz CT molecular complexity index is 485. The van der Waals surface area contributed by atoms with Crippen LogP contribution in [0.1, 0.15) is 18.9 Å². The summed E-state index contributed by atoms with van der Waals surface area (Å²) in [5.41, 5.74) is 1.35. The number of ether oxygens (including phenoxy) is 1. The van der Waals surface area contributed by atoms with Gasteiger partial charge in [0, 0.05) is 5.56 Å². The number of allylic oxidation sites excluding steroid dienone is 1. The molecule has 0 radical (unpaired) electrons. The van der Waals surface area contributed by atoms with Gasteiger partial charge in [0.25, 0.3) is 0 Å². The lowest BCUT2D eigenvalue weighted by molar-refractivity contribution is -0.142. The van der Waals surface area contributed by atoms with Crippen LogP contribution in [-0.2, 0) is 9.53 Å². The third kappa shape index (κ3) is 2.98. The predicted octanol–water partition coefficient (Wildman–Crippen LogP) is 4.32. The summed E-state index contributed by atoms with van der Waals surface area (Å²) in [6.07, 6.45) is 3.05. The minimum Gasteiger partial charge on any atom is -0.426 e. The third-order valence-corrected chi connectivity index (χ3v) is 6.34. The summed E-state index contributed by atoms with van der Waals surface area (Å²) in [6.45, 7) is 9.02. The number of esters is 1. The molecule has 0 saturated heterocycles. The summed E-state index contributed by atoms with van der Waals surface area (Å²) < 4.78 is 5.55.